The summed E-state index contributed by atoms with van der Waals surface area (Å²) in [5.41, 5.74) is 3.10. The third-order valence-corrected chi connectivity index (χ3v) is 3.73. The molecule has 6 heteroatoms. The number of nitrogens with zero attached hydrogens (tertiary/aromatic N) is 1. The Balaban J connectivity index is 2.03. The highest BCUT2D eigenvalue weighted by Crippen LogP contribution is 2.23. The highest BCUT2D eigenvalue weighted by molar-refractivity contribution is 7.19. The summed E-state index contributed by atoms with van der Waals surface area (Å²) in [6.07, 6.45) is 7.64. The summed E-state index contributed by atoms with van der Waals surface area (Å²) >= 11 is 7.01. The van der Waals surface area contributed by atoms with Gasteiger partial charge in [-0.2, -0.15) is 0 Å². The van der Waals surface area contributed by atoms with Crippen LogP contribution in [-0.4, -0.2) is 15.9 Å². The summed E-state index contributed by atoms with van der Waals surface area (Å²) < 4.78 is 0.559. The van der Waals surface area contributed by atoms with E-state index in [-0.39, 0.29) is 5.91 Å². The number of halogens is 1. The van der Waals surface area contributed by atoms with E-state index in [1.54, 1.807) is 0 Å². The summed E-state index contributed by atoms with van der Waals surface area (Å²) in [6.45, 7) is 3.95. The van der Waals surface area contributed by atoms with Gasteiger partial charge < -0.3 is 10.3 Å². The fourth-order valence-corrected chi connectivity index (χ4v) is 2.55. The van der Waals surface area contributed by atoms with Crippen molar-refractivity contribution in [2.45, 2.75) is 20.3 Å². The maximum Gasteiger partial charge on any atom is 0.230 e. The Morgan fingerprint density at radius 3 is 3.05 bits per heavy atom. The molecule has 0 aliphatic heterocycles. The summed E-state index contributed by atoms with van der Waals surface area (Å²) in [5, 5.41) is 3.26. The number of nitrogens with one attached hydrogen (secondary N) is 2. The van der Waals surface area contributed by atoms with Crippen LogP contribution in [0.1, 0.15) is 23.7 Å². The van der Waals surface area contributed by atoms with Gasteiger partial charge in [-0.05, 0) is 31.1 Å². The van der Waals surface area contributed by atoms with Crippen LogP contribution in [0, 0.1) is 6.92 Å². The summed E-state index contributed by atoms with van der Waals surface area (Å²) in [4.78, 5) is 19.0. The largest absolute Gasteiger partial charge is 0.361 e. The third-order valence-electron chi connectivity index (χ3n) is 2.70. The van der Waals surface area contributed by atoms with Gasteiger partial charge in [0.05, 0.1) is 12.6 Å². The zero-order valence-corrected chi connectivity index (χ0v) is 12.2. The van der Waals surface area contributed by atoms with Gasteiger partial charge >= 0.3 is 0 Å². The minimum absolute atomic E-state index is 0.0971. The Kier molecular flexibility index (Phi) is 4.39. The highest BCUT2D eigenvalue weighted by atomic mass is 35.5. The number of H-pyrrole nitrogens is 1. The monoisotopic (exact) mass is 295 g/mol. The lowest BCUT2D eigenvalue weighted by Gasteiger charge is -2.01. The molecule has 0 aromatic carbocycles. The topological polar surface area (TPSA) is 57.8 Å². The second kappa shape index (κ2) is 6.04. The van der Waals surface area contributed by atoms with E-state index in [2.05, 4.69) is 15.3 Å². The number of allylic oxidation sites excluding steroid dienone is 1. The van der Waals surface area contributed by atoms with Crippen LogP contribution in [0.3, 0.4) is 0 Å². The van der Waals surface area contributed by atoms with E-state index in [0.29, 0.717) is 15.9 Å². The van der Waals surface area contributed by atoms with E-state index in [1.165, 1.54) is 17.5 Å². The summed E-state index contributed by atoms with van der Waals surface area (Å²) in [6, 6.07) is 0. The van der Waals surface area contributed by atoms with Crippen LogP contribution in [-0.2, 0) is 11.2 Å². The Bertz CT molecular complexity index is 615. The van der Waals surface area contributed by atoms with Gasteiger partial charge in [-0.15, -0.1) is 0 Å². The fraction of sp³-hybridized carbons (Fsp3) is 0.231. The smallest absolute Gasteiger partial charge is 0.230 e. The Labute approximate surface area is 120 Å². The van der Waals surface area contributed by atoms with Crippen LogP contribution in [0.25, 0.3) is 6.08 Å². The fourth-order valence-electron chi connectivity index (χ4n) is 1.73. The second-order valence-electron chi connectivity index (χ2n) is 4.05. The van der Waals surface area contributed by atoms with Crippen molar-refractivity contribution in [3.05, 3.63) is 39.6 Å². The zero-order chi connectivity index (χ0) is 13.8. The Hall–Kier alpha value is -1.59. The molecule has 0 atom stereocenters. The summed E-state index contributed by atoms with van der Waals surface area (Å²) in [7, 11) is 0. The number of thiazole rings is 1. The van der Waals surface area contributed by atoms with E-state index in [1.807, 2.05) is 32.2 Å². The van der Waals surface area contributed by atoms with Crippen LogP contribution >= 0.6 is 22.9 Å². The molecule has 2 aromatic rings. The molecule has 100 valence electrons. The average molecular weight is 296 g/mol. The van der Waals surface area contributed by atoms with Crippen molar-refractivity contribution < 1.29 is 4.79 Å². The standard InChI is InChI=1S/C13H14ClN3OS/c1-3-4-10-8(2)9(6-15-10)5-12(18)17-13-16-7-11(14)19-13/h3-4,6-7,15H,5H2,1-2H3,(H,16,17,18)/b4-3-. The predicted octanol–water partition coefficient (Wildman–Crippen LogP) is 3.65. The maximum atomic E-state index is 11.9. The van der Waals surface area contributed by atoms with E-state index in [0.717, 1.165) is 16.8 Å². The highest BCUT2D eigenvalue weighted by Gasteiger charge is 2.11. The quantitative estimate of drug-likeness (QED) is 0.904. The van der Waals surface area contributed by atoms with Gasteiger partial charge in [0.25, 0.3) is 0 Å². The van der Waals surface area contributed by atoms with Crippen LogP contribution in [0.2, 0.25) is 4.34 Å². The molecule has 4 nitrogen and oxygen atoms in total. The van der Waals surface area contributed by atoms with E-state index >= 15 is 0 Å². The van der Waals surface area contributed by atoms with Crippen molar-refractivity contribution in [1.82, 2.24) is 9.97 Å². The third kappa shape index (κ3) is 3.45. The molecule has 0 unspecified atom stereocenters. The predicted molar refractivity (Wildman–Crippen MR) is 79.7 cm³/mol. The number of aromatic nitrogens is 2. The first-order valence-corrected chi connectivity index (χ1v) is 7.00. The number of rotatable bonds is 4. The number of hydrogen-bond donors (Lipinski definition) is 2. The second-order valence-corrected chi connectivity index (χ2v) is 5.71. The van der Waals surface area contributed by atoms with E-state index in [4.69, 9.17) is 11.6 Å². The van der Waals surface area contributed by atoms with Crippen LogP contribution in [0.15, 0.2) is 18.5 Å². The molecule has 0 aliphatic rings. The van der Waals surface area contributed by atoms with E-state index in [9.17, 15) is 4.79 Å². The first-order chi connectivity index (χ1) is 9.10. The van der Waals surface area contributed by atoms with Crippen molar-refractivity contribution in [2.75, 3.05) is 5.32 Å². The lowest BCUT2D eigenvalue weighted by atomic mass is 10.1. The lowest BCUT2D eigenvalue weighted by Crippen LogP contribution is -2.14. The number of aromatic amines is 1. The van der Waals surface area contributed by atoms with Gasteiger partial charge in [-0.1, -0.05) is 29.0 Å². The molecule has 0 aliphatic carbocycles. The molecule has 2 N–H and O–H groups in total. The first-order valence-electron chi connectivity index (χ1n) is 5.81. The molecule has 19 heavy (non-hydrogen) atoms. The molecule has 0 fully saturated rings. The zero-order valence-electron chi connectivity index (χ0n) is 10.7. The maximum absolute atomic E-state index is 11.9. The van der Waals surface area contributed by atoms with Crippen molar-refractivity contribution >= 4 is 40.1 Å². The molecule has 0 radical (unpaired) electrons. The SMILES string of the molecule is C/C=C\c1[nH]cc(CC(=O)Nc2ncc(Cl)s2)c1C. The lowest BCUT2D eigenvalue weighted by molar-refractivity contribution is -0.115. The van der Waals surface area contributed by atoms with Crippen molar-refractivity contribution in [3.8, 4) is 0 Å². The molecular weight excluding hydrogens is 282 g/mol. The number of amides is 1. The molecule has 2 aromatic heterocycles. The van der Waals surface area contributed by atoms with Crippen LogP contribution in [0.5, 0.6) is 0 Å². The molecular formula is C13H14ClN3OS. The van der Waals surface area contributed by atoms with Gasteiger partial charge in [0.2, 0.25) is 5.91 Å². The molecule has 2 rings (SSSR count). The number of anilines is 1. The van der Waals surface area contributed by atoms with Gasteiger partial charge in [-0.3, -0.25) is 4.79 Å². The average Bonchev–Trinajstić information content (AvgIpc) is 2.90. The van der Waals surface area contributed by atoms with Gasteiger partial charge in [-0.25, -0.2) is 4.98 Å². The minimum atomic E-state index is -0.0971. The summed E-state index contributed by atoms with van der Waals surface area (Å²) in [5.74, 6) is -0.0971. The number of carbonyl (C=O) groups is 1. The first kappa shape index (κ1) is 13.8. The van der Waals surface area contributed by atoms with Crippen molar-refractivity contribution in [3.63, 3.8) is 0 Å². The van der Waals surface area contributed by atoms with Crippen LogP contribution in [0.4, 0.5) is 5.13 Å². The van der Waals surface area contributed by atoms with Crippen LogP contribution < -0.4 is 5.32 Å². The van der Waals surface area contributed by atoms with E-state index < -0.39 is 0 Å². The Morgan fingerprint density at radius 2 is 2.42 bits per heavy atom. The molecule has 1 amide bonds. The molecule has 0 saturated heterocycles. The van der Waals surface area contributed by atoms with Crippen molar-refractivity contribution in [2.24, 2.45) is 0 Å². The molecule has 2 heterocycles. The molecule has 0 saturated carbocycles. The minimum Gasteiger partial charge on any atom is -0.361 e. The molecule has 0 bridgehead atoms. The molecule has 0 spiro atoms. The van der Waals surface area contributed by atoms with Gasteiger partial charge in [0, 0.05) is 11.9 Å². The van der Waals surface area contributed by atoms with Gasteiger partial charge in [0.15, 0.2) is 5.13 Å². The number of hydrogen-bond acceptors (Lipinski definition) is 3. The normalized spacial score (nSPS) is 11.1. The van der Waals surface area contributed by atoms with Crippen molar-refractivity contribution in [1.29, 1.82) is 0 Å². The Morgan fingerprint density at radius 1 is 1.63 bits per heavy atom. The number of carbonyl (C=O) groups excluding carboxylic acids is 1. The van der Waals surface area contributed by atoms with Gasteiger partial charge in [0.1, 0.15) is 4.34 Å².